The number of nitrogens with one attached hydrogen (secondary N) is 1. The average molecular weight is 209 g/mol. The monoisotopic (exact) mass is 209 g/mol. The van der Waals surface area contributed by atoms with Gasteiger partial charge in [-0.05, 0) is 19.9 Å². The summed E-state index contributed by atoms with van der Waals surface area (Å²) < 4.78 is 2.06. The highest BCUT2D eigenvalue weighted by molar-refractivity contribution is 5.09. The molecule has 1 aromatic rings. The smallest absolute Gasteiger partial charge is 0.0537 e. The Hall–Kier alpha value is -0.830. The summed E-state index contributed by atoms with van der Waals surface area (Å²) in [4.78, 5) is 0. The predicted octanol–water partition coefficient (Wildman–Crippen LogP) is 2.74. The summed E-state index contributed by atoms with van der Waals surface area (Å²) in [6.45, 7) is 5.46. The lowest BCUT2D eigenvalue weighted by molar-refractivity contribution is 0.547. The Kier molecular flexibility index (Phi) is 5.40. The maximum atomic E-state index is 4.38. The fourth-order valence-corrected chi connectivity index (χ4v) is 1.81. The van der Waals surface area contributed by atoms with Crippen molar-refractivity contribution in [1.82, 2.24) is 15.1 Å². The van der Waals surface area contributed by atoms with Crippen molar-refractivity contribution >= 4 is 0 Å². The first-order chi connectivity index (χ1) is 7.31. The SMILES string of the molecule is CCCCCn1cc(C(CC)NC)cn1. The fourth-order valence-electron chi connectivity index (χ4n) is 1.81. The van der Waals surface area contributed by atoms with E-state index in [9.17, 15) is 0 Å². The molecule has 0 saturated heterocycles. The number of aromatic nitrogens is 2. The highest BCUT2D eigenvalue weighted by Gasteiger charge is 2.08. The van der Waals surface area contributed by atoms with Crippen LogP contribution in [-0.4, -0.2) is 16.8 Å². The number of hydrogen-bond acceptors (Lipinski definition) is 2. The van der Waals surface area contributed by atoms with E-state index in [0.29, 0.717) is 6.04 Å². The van der Waals surface area contributed by atoms with Crippen molar-refractivity contribution in [3.05, 3.63) is 18.0 Å². The summed E-state index contributed by atoms with van der Waals surface area (Å²) in [6, 6.07) is 0.449. The first kappa shape index (κ1) is 12.2. The van der Waals surface area contributed by atoms with Crippen molar-refractivity contribution in [2.75, 3.05) is 7.05 Å². The maximum Gasteiger partial charge on any atom is 0.0537 e. The van der Waals surface area contributed by atoms with Gasteiger partial charge in [-0.3, -0.25) is 4.68 Å². The lowest BCUT2D eigenvalue weighted by Crippen LogP contribution is -2.14. The Balaban J connectivity index is 2.47. The van der Waals surface area contributed by atoms with Crippen LogP contribution in [-0.2, 0) is 6.54 Å². The van der Waals surface area contributed by atoms with Gasteiger partial charge in [-0.2, -0.15) is 5.10 Å². The molecule has 0 saturated carbocycles. The van der Waals surface area contributed by atoms with Gasteiger partial charge in [0.2, 0.25) is 0 Å². The minimum absolute atomic E-state index is 0.449. The maximum absolute atomic E-state index is 4.38. The molecule has 3 nitrogen and oxygen atoms in total. The second kappa shape index (κ2) is 6.62. The summed E-state index contributed by atoms with van der Waals surface area (Å²) in [7, 11) is 2.00. The van der Waals surface area contributed by atoms with E-state index >= 15 is 0 Å². The summed E-state index contributed by atoms with van der Waals surface area (Å²) >= 11 is 0. The van der Waals surface area contributed by atoms with Crippen LogP contribution in [0, 0.1) is 0 Å². The molecule has 3 heteroatoms. The van der Waals surface area contributed by atoms with E-state index < -0.39 is 0 Å². The number of unbranched alkanes of at least 4 members (excludes halogenated alkanes) is 2. The van der Waals surface area contributed by atoms with Gasteiger partial charge in [0.05, 0.1) is 6.20 Å². The van der Waals surface area contributed by atoms with Crippen molar-refractivity contribution in [3.63, 3.8) is 0 Å². The lowest BCUT2D eigenvalue weighted by atomic mass is 10.1. The van der Waals surface area contributed by atoms with Crippen LogP contribution in [0.2, 0.25) is 0 Å². The Morgan fingerprint density at radius 2 is 2.20 bits per heavy atom. The third-order valence-electron chi connectivity index (χ3n) is 2.80. The van der Waals surface area contributed by atoms with Crippen LogP contribution in [0.25, 0.3) is 0 Å². The van der Waals surface area contributed by atoms with E-state index in [2.05, 4.69) is 35.1 Å². The molecule has 0 aliphatic carbocycles. The zero-order valence-electron chi connectivity index (χ0n) is 10.2. The Labute approximate surface area is 92.9 Å². The van der Waals surface area contributed by atoms with E-state index in [0.717, 1.165) is 13.0 Å². The molecule has 0 bridgehead atoms. The van der Waals surface area contributed by atoms with Crippen molar-refractivity contribution < 1.29 is 0 Å². The van der Waals surface area contributed by atoms with Crippen LogP contribution >= 0.6 is 0 Å². The molecule has 1 aromatic heterocycles. The van der Waals surface area contributed by atoms with E-state index in [1.165, 1.54) is 24.8 Å². The minimum Gasteiger partial charge on any atom is -0.313 e. The van der Waals surface area contributed by atoms with Gasteiger partial charge in [0.15, 0.2) is 0 Å². The molecule has 1 atom stereocenters. The van der Waals surface area contributed by atoms with E-state index in [4.69, 9.17) is 0 Å². The quantitative estimate of drug-likeness (QED) is 0.700. The Bertz CT molecular complexity index is 264. The number of hydrogen-bond donors (Lipinski definition) is 1. The van der Waals surface area contributed by atoms with Crippen molar-refractivity contribution in [3.8, 4) is 0 Å². The van der Waals surface area contributed by atoms with Crippen LogP contribution in [0.15, 0.2) is 12.4 Å². The molecule has 1 heterocycles. The van der Waals surface area contributed by atoms with Crippen LogP contribution in [0.1, 0.15) is 51.1 Å². The van der Waals surface area contributed by atoms with Gasteiger partial charge < -0.3 is 5.32 Å². The number of rotatable bonds is 7. The van der Waals surface area contributed by atoms with Gasteiger partial charge in [-0.25, -0.2) is 0 Å². The van der Waals surface area contributed by atoms with E-state index in [1.807, 2.05) is 13.2 Å². The fraction of sp³-hybridized carbons (Fsp3) is 0.750. The molecular formula is C12H23N3. The summed E-state index contributed by atoms with van der Waals surface area (Å²) in [5.41, 5.74) is 1.30. The molecule has 0 fully saturated rings. The highest BCUT2D eigenvalue weighted by atomic mass is 15.3. The van der Waals surface area contributed by atoms with Gasteiger partial charge in [-0.1, -0.05) is 26.7 Å². The standard InChI is InChI=1S/C12H23N3/c1-4-6-7-8-15-10-11(9-14-15)12(5-2)13-3/h9-10,12-13H,4-8H2,1-3H3. The molecule has 1 N–H and O–H groups in total. The van der Waals surface area contributed by atoms with Crippen LogP contribution in [0.3, 0.4) is 0 Å². The molecule has 15 heavy (non-hydrogen) atoms. The summed E-state index contributed by atoms with van der Waals surface area (Å²) in [5, 5.41) is 7.68. The summed E-state index contributed by atoms with van der Waals surface area (Å²) in [6.07, 6.45) is 9.04. The molecular weight excluding hydrogens is 186 g/mol. The molecule has 0 spiro atoms. The lowest BCUT2D eigenvalue weighted by Gasteiger charge is -2.10. The number of aryl methyl sites for hydroxylation is 1. The molecule has 1 unspecified atom stereocenters. The molecule has 0 aliphatic rings. The third-order valence-corrected chi connectivity index (χ3v) is 2.80. The zero-order chi connectivity index (χ0) is 11.1. The molecule has 0 aliphatic heterocycles. The second-order valence-electron chi connectivity index (χ2n) is 3.99. The summed E-state index contributed by atoms with van der Waals surface area (Å²) in [5.74, 6) is 0. The van der Waals surface area contributed by atoms with Gasteiger partial charge >= 0.3 is 0 Å². The second-order valence-corrected chi connectivity index (χ2v) is 3.99. The molecule has 0 aromatic carbocycles. The first-order valence-electron chi connectivity index (χ1n) is 6.01. The van der Waals surface area contributed by atoms with Gasteiger partial charge in [0.1, 0.15) is 0 Å². The Morgan fingerprint density at radius 3 is 2.80 bits per heavy atom. The van der Waals surface area contributed by atoms with Gasteiger partial charge in [-0.15, -0.1) is 0 Å². The molecule has 0 amide bonds. The van der Waals surface area contributed by atoms with E-state index in [1.54, 1.807) is 0 Å². The normalized spacial score (nSPS) is 13.0. The third kappa shape index (κ3) is 3.67. The van der Waals surface area contributed by atoms with Gasteiger partial charge in [0.25, 0.3) is 0 Å². The zero-order valence-corrected chi connectivity index (χ0v) is 10.2. The van der Waals surface area contributed by atoms with Crippen molar-refractivity contribution in [2.24, 2.45) is 0 Å². The highest BCUT2D eigenvalue weighted by Crippen LogP contribution is 2.14. The van der Waals surface area contributed by atoms with Gasteiger partial charge in [0, 0.05) is 24.3 Å². The van der Waals surface area contributed by atoms with Crippen LogP contribution < -0.4 is 5.32 Å². The first-order valence-corrected chi connectivity index (χ1v) is 6.01. The molecule has 86 valence electrons. The van der Waals surface area contributed by atoms with Crippen molar-refractivity contribution in [1.29, 1.82) is 0 Å². The van der Waals surface area contributed by atoms with Crippen LogP contribution in [0.5, 0.6) is 0 Å². The van der Waals surface area contributed by atoms with E-state index in [-0.39, 0.29) is 0 Å². The molecule has 0 radical (unpaired) electrons. The van der Waals surface area contributed by atoms with Crippen LogP contribution in [0.4, 0.5) is 0 Å². The minimum atomic E-state index is 0.449. The average Bonchev–Trinajstić information content (AvgIpc) is 2.69. The predicted molar refractivity (Wildman–Crippen MR) is 63.8 cm³/mol. The molecule has 1 rings (SSSR count). The topological polar surface area (TPSA) is 29.9 Å². The largest absolute Gasteiger partial charge is 0.313 e. The number of nitrogens with zero attached hydrogens (tertiary/aromatic N) is 2. The Morgan fingerprint density at radius 1 is 1.40 bits per heavy atom. The van der Waals surface area contributed by atoms with Crippen molar-refractivity contribution in [2.45, 2.75) is 52.1 Å².